The molecule has 1 aliphatic heterocycles. The number of carbonyl (C=O) groups excluding carboxylic acids is 2. The molecule has 210 valence electrons. The molecule has 12 heteroatoms. The van der Waals surface area contributed by atoms with Gasteiger partial charge in [0.25, 0.3) is 0 Å². The Labute approximate surface area is 235 Å². The van der Waals surface area contributed by atoms with E-state index in [4.69, 9.17) is 25.8 Å². The summed E-state index contributed by atoms with van der Waals surface area (Å²) in [4.78, 5) is 35.4. The molecule has 2 fully saturated rings. The summed E-state index contributed by atoms with van der Waals surface area (Å²) in [6.45, 7) is 1.55. The quantitative estimate of drug-likeness (QED) is 0.328. The van der Waals surface area contributed by atoms with Crippen molar-refractivity contribution in [2.24, 2.45) is 5.92 Å². The van der Waals surface area contributed by atoms with Crippen LogP contribution in [0.3, 0.4) is 0 Å². The van der Waals surface area contributed by atoms with E-state index in [0.29, 0.717) is 59.5 Å². The normalized spacial score (nSPS) is 17.4. The van der Waals surface area contributed by atoms with Crippen molar-refractivity contribution in [3.05, 3.63) is 59.7 Å². The molecule has 0 spiro atoms. The number of nitrogens with zero attached hydrogens (tertiary/aromatic N) is 3. The number of hydrogen-bond donors (Lipinski definition) is 2. The zero-order chi connectivity index (χ0) is 28.1. The van der Waals surface area contributed by atoms with Gasteiger partial charge in [0.2, 0.25) is 11.8 Å². The van der Waals surface area contributed by atoms with E-state index in [1.54, 1.807) is 36.3 Å². The monoisotopic (exact) mass is 569 g/mol. The average molecular weight is 570 g/mol. The molecular formula is C28H29ClFN5O5. The van der Waals surface area contributed by atoms with Crippen LogP contribution in [0.25, 0.3) is 10.9 Å². The number of morpholine rings is 1. The summed E-state index contributed by atoms with van der Waals surface area (Å²) in [7, 11) is 1.58. The molecule has 1 aliphatic carbocycles. The SMILES string of the molecule is COC[C@H]1CN(CC=CC(=O)Nc2cc3c(Nc4ccc(F)c(Cl)c4)ncnc3cc2OCC2CC2)C(=O)CO1. The van der Waals surface area contributed by atoms with E-state index in [-0.39, 0.29) is 36.1 Å². The smallest absolute Gasteiger partial charge is 0.248 e. The number of hydrogen-bond acceptors (Lipinski definition) is 8. The highest BCUT2D eigenvalue weighted by molar-refractivity contribution is 6.31. The first-order valence-corrected chi connectivity index (χ1v) is 13.3. The van der Waals surface area contributed by atoms with Crippen LogP contribution >= 0.6 is 11.6 Å². The predicted octanol–water partition coefficient (Wildman–Crippen LogP) is 4.32. The molecule has 2 aliphatic rings. The Balaban J connectivity index is 1.34. The van der Waals surface area contributed by atoms with E-state index in [1.165, 1.54) is 24.5 Å². The molecule has 0 radical (unpaired) electrons. The van der Waals surface area contributed by atoms with Crippen molar-refractivity contribution < 1.29 is 28.2 Å². The standard InChI is InChI=1S/C28H29ClFN5O5/c1-38-14-19-12-35(27(37)15-39-19)8-2-3-26(36)34-24-10-20-23(11-25(24)40-13-17-4-5-17)31-16-32-28(20)33-18-6-7-22(30)21(29)9-18/h2-3,6-7,9-11,16-17,19H,4-5,8,12-15H2,1H3,(H,34,36)(H,31,32,33)/t19-/m1/s1. The Morgan fingerprint density at radius 2 is 2.10 bits per heavy atom. The first kappa shape index (κ1) is 27.8. The largest absolute Gasteiger partial charge is 0.491 e. The summed E-state index contributed by atoms with van der Waals surface area (Å²) < 4.78 is 30.2. The fourth-order valence-corrected chi connectivity index (χ4v) is 4.39. The lowest BCUT2D eigenvalue weighted by Gasteiger charge is -2.31. The number of methoxy groups -OCH3 is 1. The van der Waals surface area contributed by atoms with Crippen LogP contribution in [0.1, 0.15) is 12.8 Å². The number of aromatic nitrogens is 2. The zero-order valence-corrected chi connectivity index (χ0v) is 22.6. The predicted molar refractivity (Wildman–Crippen MR) is 148 cm³/mol. The number of anilines is 3. The molecule has 2 N–H and O–H groups in total. The number of carbonyl (C=O) groups is 2. The Morgan fingerprint density at radius 3 is 2.88 bits per heavy atom. The molecule has 0 bridgehead atoms. The molecule has 1 atom stereocenters. The minimum Gasteiger partial charge on any atom is -0.491 e. The van der Waals surface area contributed by atoms with E-state index in [2.05, 4.69) is 20.6 Å². The molecular weight excluding hydrogens is 541 g/mol. The van der Waals surface area contributed by atoms with E-state index >= 15 is 0 Å². The number of amides is 2. The van der Waals surface area contributed by atoms with E-state index in [1.807, 2.05) is 0 Å². The fourth-order valence-electron chi connectivity index (χ4n) is 4.21. The van der Waals surface area contributed by atoms with Crippen molar-refractivity contribution in [2.75, 3.05) is 50.7 Å². The van der Waals surface area contributed by atoms with Crippen molar-refractivity contribution in [1.82, 2.24) is 14.9 Å². The van der Waals surface area contributed by atoms with E-state index in [0.717, 1.165) is 12.8 Å². The molecule has 1 saturated heterocycles. The third kappa shape index (κ3) is 7.04. The number of halogens is 2. The van der Waals surface area contributed by atoms with Gasteiger partial charge in [0.15, 0.2) is 0 Å². The van der Waals surface area contributed by atoms with Gasteiger partial charge < -0.3 is 29.7 Å². The topological polar surface area (TPSA) is 115 Å². The third-order valence-electron chi connectivity index (χ3n) is 6.52. The van der Waals surface area contributed by atoms with Gasteiger partial charge in [0.1, 0.15) is 30.3 Å². The first-order chi connectivity index (χ1) is 19.4. The highest BCUT2D eigenvalue weighted by atomic mass is 35.5. The van der Waals surface area contributed by atoms with Crippen molar-refractivity contribution in [3.63, 3.8) is 0 Å². The average Bonchev–Trinajstić information content (AvgIpc) is 3.76. The molecule has 2 aromatic carbocycles. The van der Waals surface area contributed by atoms with Gasteiger partial charge in [0, 0.05) is 43.4 Å². The minimum absolute atomic E-state index is 0.0184. The lowest BCUT2D eigenvalue weighted by Crippen LogP contribution is -2.48. The van der Waals surface area contributed by atoms with Crippen molar-refractivity contribution in [2.45, 2.75) is 18.9 Å². The van der Waals surface area contributed by atoms with Gasteiger partial charge in [-0.05, 0) is 43.0 Å². The van der Waals surface area contributed by atoms with E-state index < -0.39 is 5.82 Å². The number of nitrogens with one attached hydrogen (secondary N) is 2. The van der Waals surface area contributed by atoms with Crippen LogP contribution in [0.15, 0.2) is 48.8 Å². The van der Waals surface area contributed by atoms with Crippen LogP contribution in [-0.4, -0.2) is 72.8 Å². The van der Waals surface area contributed by atoms with E-state index in [9.17, 15) is 14.0 Å². The van der Waals surface area contributed by atoms with Gasteiger partial charge in [-0.3, -0.25) is 9.59 Å². The fraction of sp³-hybridized carbons (Fsp3) is 0.357. The molecule has 1 saturated carbocycles. The Hall–Kier alpha value is -3.80. The molecule has 1 aromatic heterocycles. The van der Waals surface area contributed by atoms with Crippen LogP contribution in [0.2, 0.25) is 5.02 Å². The van der Waals surface area contributed by atoms with Crippen molar-refractivity contribution in [3.8, 4) is 5.75 Å². The highest BCUT2D eigenvalue weighted by Crippen LogP contribution is 2.36. The van der Waals surface area contributed by atoms with Gasteiger partial charge in [0.05, 0.1) is 35.5 Å². The van der Waals surface area contributed by atoms with Crippen LogP contribution in [-0.2, 0) is 19.1 Å². The second kappa shape index (κ2) is 12.6. The van der Waals surface area contributed by atoms with Gasteiger partial charge in [-0.15, -0.1) is 0 Å². The number of rotatable bonds is 11. The second-order valence-corrected chi connectivity index (χ2v) is 10.1. The Morgan fingerprint density at radius 1 is 1.25 bits per heavy atom. The van der Waals surface area contributed by atoms with Gasteiger partial charge in [-0.1, -0.05) is 17.7 Å². The molecule has 40 heavy (non-hydrogen) atoms. The maximum Gasteiger partial charge on any atom is 0.248 e. The number of benzene rings is 2. The summed E-state index contributed by atoms with van der Waals surface area (Å²) in [6, 6.07) is 7.76. The van der Waals surface area contributed by atoms with Crippen LogP contribution < -0.4 is 15.4 Å². The summed E-state index contributed by atoms with van der Waals surface area (Å²) >= 11 is 5.94. The van der Waals surface area contributed by atoms with Crippen LogP contribution in [0, 0.1) is 11.7 Å². The summed E-state index contributed by atoms with van der Waals surface area (Å²) in [5, 5.41) is 6.61. The van der Waals surface area contributed by atoms with Crippen LogP contribution in [0.4, 0.5) is 21.6 Å². The van der Waals surface area contributed by atoms with Crippen molar-refractivity contribution >= 4 is 51.5 Å². The summed E-state index contributed by atoms with van der Waals surface area (Å²) in [5.41, 5.74) is 1.58. The van der Waals surface area contributed by atoms with Gasteiger partial charge >= 0.3 is 0 Å². The maximum absolute atomic E-state index is 13.6. The Kier molecular flexibility index (Phi) is 8.73. The lowest BCUT2D eigenvalue weighted by molar-refractivity contribution is -0.150. The maximum atomic E-state index is 13.6. The second-order valence-electron chi connectivity index (χ2n) is 9.67. The first-order valence-electron chi connectivity index (χ1n) is 12.9. The molecule has 2 heterocycles. The zero-order valence-electron chi connectivity index (χ0n) is 21.9. The lowest BCUT2D eigenvalue weighted by atomic mass is 10.1. The summed E-state index contributed by atoms with van der Waals surface area (Å²) in [6.07, 6.45) is 6.43. The van der Waals surface area contributed by atoms with Gasteiger partial charge in [-0.25, -0.2) is 14.4 Å². The minimum atomic E-state index is -0.525. The number of fused-ring (bicyclic) bond motifs is 1. The van der Waals surface area contributed by atoms with Gasteiger partial charge in [-0.2, -0.15) is 0 Å². The van der Waals surface area contributed by atoms with Crippen LogP contribution in [0.5, 0.6) is 5.75 Å². The highest BCUT2D eigenvalue weighted by Gasteiger charge is 2.25. The molecule has 10 nitrogen and oxygen atoms in total. The van der Waals surface area contributed by atoms with Crippen molar-refractivity contribution in [1.29, 1.82) is 0 Å². The molecule has 3 aromatic rings. The summed E-state index contributed by atoms with van der Waals surface area (Å²) in [5.74, 6) is 0.373. The third-order valence-corrected chi connectivity index (χ3v) is 6.80. The number of ether oxygens (including phenoxy) is 3. The Bertz CT molecular complexity index is 1430. The molecule has 2 amide bonds. The molecule has 0 unspecified atom stereocenters. The molecule has 5 rings (SSSR count).